The number of hydrogen-bond acceptors (Lipinski definition) is 4. The number of benzene rings is 2. The van der Waals surface area contributed by atoms with Crippen molar-refractivity contribution < 1.29 is 17.9 Å². The number of carbonyl (C=O) groups excluding carboxylic acids is 1. The highest BCUT2D eigenvalue weighted by Crippen LogP contribution is 2.33. The molecule has 7 heteroatoms. The molecule has 2 aromatic rings. The molecule has 0 spiro atoms. The average molecular weight is 401 g/mol. The van der Waals surface area contributed by atoms with Crippen molar-refractivity contribution >= 4 is 27.3 Å². The van der Waals surface area contributed by atoms with E-state index in [1.165, 1.54) is 12.7 Å². The maximum atomic E-state index is 13.0. The third-order valence-electron chi connectivity index (χ3n) is 5.42. The molecule has 0 unspecified atom stereocenters. The van der Waals surface area contributed by atoms with Crippen molar-refractivity contribution in [2.45, 2.75) is 43.4 Å². The van der Waals surface area contributed by atoms with Crippen LogP contribution in [0.5, 0.6) is 5.75 Å². The highest BCUT2D eigenvalue weighted by Gasteiger charge is 2.24. The Morgan fingerprint density at radius 2 is 1.64 bits per heavy atom. The molecule has 148 valence electrons. The number of hydrogen-bond donors (Lipinski definition) is 1. The highest BCUT2D eigenvalue weighted by atomic mass is 32.2. The minimum Gasteiger partial charge on any atom is -0.495 e. The lowest BCUT2D eigenvalue weighted by Gasteiger charge is -2.20. The lowest BCUT2D eigenvalue weighted by atomic mass is 9.92. The van der Waals surface area contributed by atoms with Crippen molar-refractivity contribution in [3.8, 4) is 5.75 Å². The van der Waals surface area contributed by atoms with Gasteiger partial charge < -0.3 is 9.64 Å². The van der Waals surface area contributed by atoms with Crippen molar-refractivity contribution in [3.63, 3.8) is 0 Å². The van der Waals surface area contributed by atoms with Crippen molar-refractivity contribution in [1.82, 2.24) is 0 Å². The fourth-order valence-corrected chi connectivity index (χ4v) is 5.21. The zero-order chi connectivity index (χ0) is 19.7. The van der Waals surface area contributed by atoms with Gasteiger partial charge >= 0.3 is 0 Å². The number of fused-ring (bicyclic) bond motifs is 1. The fraction of sp³-hybridized carbons (Fsp3) is 0.381. The maximum absolute atomic E-state index is 13.0. The molecule has 1 saturated heterocycles. The molecule has 28 heavy (non-hydrogen) atoms. The van der Waals surface area contributed by atoms with Crippen LogP contribution >= 0.6 is 0 Å². The van der Waals surface area contributed by atoms with Crippen molar-refractivity contribution in [2.24, 2.45) is 0 Å². The van der Waals surface area contributed by atoms with E-state index in [-0.39, 0.29) is 10.8 Å². The van der Waals surface area contributed by atoms with E-state index in [9.17, 15) is 13.2 Å². The van der Waals surface area contributed by atoms with E-state index in [1.807, 2.05) is 6.07 Å². The van der Waals surface area contributed by atoms with E-state index in [0.29, 0.717) is 24.4 Å². The Kier molecular flexibility index (Phi) is 5.02. The fourth-order valence-electron chi connectivity index (χ4n) is 3.95. The van der Waals surface area contributed by atoms with Gasteiger partial charge in [0.05, 0.1) is 7.11 Å². The molecule has 2 aliphatic rings. The Morgan fingerprint density at radius 1 is 0.964 bits per heavy atom. The van der Waals surface area contributed by atoms with Crippen LogP contribution in [0.25, 0.3) is 0 Å². The van der Waals surface area contributed by atoms with Crippen LogP contribution in [0.4, 0.5) is 11.4 Å². The van der Waals surface area contributed by atoms with Gasteiger partial charge in [0.2, 0.25) is 5.91 Å². The van der Waals surface area contributed by atoms with Crippen LogP contribution in [0.1, 0.15) is 36.8 Å². The summed E-state index contributed by atoms with van der Waals surface area (Å²) in [5.41, 5.74) is 3.49. The summed E-state index contributed by atoms with van der Waals surface area (Å²) in [5, 5.41) is 0. The maximum Gasteiger partial charge on any atom is 0.265 e. The first-order valence-corrected chi connectivity index (χ1v) is 11.1. The smallest absolute Gasteiger partial charge is 0.265 e. The van der Waals surface area contributed by atoms with Crippen LogP contribution in [0.15, 0.2) is 41.3 Å². The van der Waals surface area contributed by atoms with Crippen LogP contribution in [0.3, 0.4) is 0 Å². The molecule has 1 aliphatic carbocycles. The molecule has 0 radical (unpaired) electrons. The number of anilines is 2. The third-order valence-corrected chi connectivity index (χ3v) is 6.82. The molecule has 1 aliphatic heterocycles. The number of carbonyl (C=O) groups is 1. The molecule has 1 amide bonds. The van der Waals surface area contributed by atoms with E-state index in [4.69, 9.17) is 4.74 Å². The molecule has 0 atom stereocenters. The molecule has 1 N–H and O–H groups in total. The van der Waals surface area contributed by atoms with Gasteiger partial charge in [0.1, 0.15) is 10.6 Å². The molecule has 0 aromatic heterocycles. The first-order valence-electron chi connectivity index (χ1n) is 9.61. The standard InChI is InChI=1S/C21H24N2O4S/c1-27-19-13-15-5-2-3-6-16(15)14-20(19)28(25,26)22-17-8-10-18(11-9-17)23-12-4-7-21(23)24/h8-11,13-14,22H,2-7,12H2,1H3. The Labute approximate surface area is 165 Å². The number of aryl methyl sites for hydroxylation is 2. The number of sulfonamides is 1. The molecular formula is C21H24N2O4S. The summed E-state index contributed by atoms with van der Waals surface area (Å²) in [6.45, 7) is 0.705. The second kappa shape index (κ2) is 7.47. The first-order chi connectivity index (χ1) is 13.5. The Hall–Kier alpha value is -2.54. The summed E-state index contributed by atoms with van der Waals surface area (Å²) >= 11 is 0. The number of nitrogens with one attached hydrogen (secondary N) is 1. The molecule has 1 heterocycles. The van der Waals surface area contributed by atoms with E-state index >= 15 is 0 Å². The normalized spacial score (nSPS) is 16.8. The summed E-state index contributed by atoms with van der Waals surface area (Å²) in [6, 6.07) is 10.5. The molecule has 4 rings (SSSR count). The summed E-state index contributed by atoms with van der Waals surface area (Å²) in [4.78, 5) is 13.8. The van der Waals surface area contributed by atoms with Gasteiger partial charge in [-0.1, -0.05) is 0 Å². The van der Waals surface area contributed by atoms with Gasteiger partial charge in [-0.3, -0.25) is 9.52 Å². The minimum absolute atomic E-state index is 0.104. The summed E-state index contributed by atoms with van der Waals surface area (Å²) in [5.74, 6) is 0.472. The van der Waals surface area contributed by atoms with E-state index in [0.717, 1.165) is 43.4 Å². The van der Waals surface area contributed by atoms with Crippen molar-refractivity contribution in [2.75, 3.05) is 23.3 Å². The van der Waals surface area contributed by atoms with E-state index in [1.54, 1.807) is 35.2 Å². The molecule has 2 aromatic carbocycles. The predicted octanol–water partition coefficient (Wildman–Crippen LogP) is 3.50. The second-order valence-corrected chi connectivity index (χ2v) is 8.93. The minimum atomic E-state index is -3.79. The number of rotatable bonds is 5. The molecule has 0 saturated carbocycles. The number of methoxy groups -OCH3 is 1. The van der Waals surface area contributed by atoms with Gasteiger partial charge in [0, 0.05) is 24.3 Å². The molecule has 6 nitrogen and oxygen atoms in total. The number of nitrogens with zero attached hydrogens (tertiary/aromatic N) is 1. The SMILES string of the molecule is COc1cc2c(cc1S(=O)(=O)Nc1ccc(N3CCCC3=O)cc1)CCCC2. The van der Waals surface area contributed by atoms with Gasteiger partial charge in [0.25, 0.3) is 10.0 Å². The van der Waals surface area contributed by atoms with Crippen LogP contribution in [0, 0.1) is 0 Å². The molecule has 1 fully saturated rings. The summed E-state index contributed by atoms with van der Waals surface area (Å²) < 4.78 is 34.0. The first kappa shape index (κ1) is 18.8. The topological polar surface area (TPSA) is 75.7 Å². The number of amides is 1. The average Bonchev–Trinajstić information content (AvgIpc) is 3.13. The number of ether oxygens (including phenoxy) is 1. The lowest BCUT2D eigenvalue weighted by molar-refractivity contribution is -0.117. The van der Waals surface area contributed by atoms with E-state index < -0.39 is 10.0 Å². The zero-order valence-corrected chi connectivity index (χ0v) is 16.7. The quantitative estimate of drug-likeness (QED) is 0.833. The lowest BCUT2D eigenvalue weighted by Crippen LogP contribution is -2.23. The Balaban J connectivity index is 1.60. The van der Waals surface area contributed by atoms with Crippen molar-refractivity contribution in [3.05, 3.63) is 47.5 Å². The Bertz CT molecular complexity index is 1000. The van der Waals surface area contributed by atoms with Crippen LogP contribution in [0.2, 0.25) is 0 Å². The Morgan fingerprint density at radius 3 is 2.25 bits per heavy atom. The van der Waals surface area contributed by atoms with Gasteiger partial charge in [0.15, 0.2) is 0 Å². The van der Waals surface area contributed by atoms with Crippen LogP contribution in [-0.2, 0) is 27.7 Å². The summed E-state index contributed by atoms with van der Waals surface area (Å²) in [6.07, 6.45) is 5.45. The zero-order valence-electron chi connectivity index (χ0n) is 15.9. The van der Waals surface area contributed by atoms with Gasteiger partial charge in [-0.2, -0.15) is 0 Å². The molecular weight excluding hydrogens is 376 g/mol. The van der Waals surface area contributed by atoms with Crippen LogP contribution < -0.4 is 14.4 Å². The highest BCUT2D eigenvalue weighted by molar-refractivity contribution is 7.92. The second-order valence-electron chi connectivity index (χ2n) is 7.28. The van der Waals surface area contributed by atoms with Crippen LogP contribution in [-0.4, -0.2) is 28.0 Å². The largest absolute Gasteiger partial charge is 0.495 e. The van der Waals surface area contributed by atoms with Gasteiger partial charge in [-0.15, -0.1) is 0 Å². The molecule has 0 bridgehead atoms. The van der Waals surface area contributed by atoms with Gasteiger partial charge in [-0.05, 0) is 79.6 Å². The predicted molar refractivity (Wildman–Crippen MR) is 108 cm³/mol. The van der Waals surface area contributed by atoms with Crippen molar-refractivity contribution in [1.29, 1.82) is 0 Å². The summed E-state index contributed by atoms with van der Waals surface area (Å²) in [7, 11) is -2.30. The monoisotopic (exact) mass is 400 g/mol. The van der Waals surface area contributed by atoms with Gasteiger partial charge in [-0.25, -0.2) is 8.42 Å². The van der Waals surface area contributed by atoms with E-state index in [2.05, 4.69) is 4.72 Å². The third kappa shape index (κ3) is 3.58.